The van der Waals surface area contributed by atoms with E-state index in [4.69, 9.17) is 9.47 Å². The van der Waals surface area contributed by atoms with E-state index in [0.29, 0.717) is 19.6 Å². The fourth-order valence-corrected chi connectivity index (χ4v) is 1.84. The van der Waals surface area contributed by atoms with E-state index in [1.54, 1.807) is 6.08 Å². The third-order valence-electron chi connectivity index (χ3n) is 3.01. The molecule has 0 amide bonds. The van der Waals surface area contributed by atoms with Crippen LogP contribution in [0.3, 0.4) is 0 Å². The summed E-state index contributed by atoms with van der Waals surface area (Å²) in [5, 5.41) is 0. The van der Waals surface area contributed by atoms with Crippen LogP contribution in [-0.2, 0) is 9.47 Å². The molecule has 0 N–H and O–H groups in total. The van der Waals surface area contributed by atoms with E-state index in [2.05, 4.69) is 13.5 Å². The standard InChI is InChI=1S/C16H30O3/c1-3-5-7-8-9-10-11-12-13-15-19-16(17)18-14-6-4-2/h4H,2-3,5-15H2,1H3. The van der Waals surface area contributed by atoms with Gasteiger partial charge in [0.2, 0.25) is 0 Å². The first-order chi connectivity index (χ1) is 9.31. The molecule has 3 heteroatoms. The minimum absolute atomic E-state index is 0.361. The van der Waals surface area contributed by atoms with Crippen LogP contribution in [0.4, 0.5) is 4.79 Å². The van der Waals surface area contributed by atoms with Crippen molar-refractivity contribution in [2.45, 2.75) is 71.1 Å². The van der Waals surface area contributed by atoms with Gasteiger partial charge in [0.05, 0.1) is 13.2 Å². The Morgan fingerprint density at radius 3 is 2.00 bits per heavy atom. The zero-order valence-corrected chi connectivity index (χ0v) is 12.5. The van der Waals surface area contributed by atoms with E-state index < -0.39 is 6.16 Å². The smallest absolute Gasteiger partial charge is 0.434 e. The molecule has 0 fully saturated rings. The number of carbonyl (C=O) groups excluding carboxylic acids is 1. The molecular formula is C16H30O3. The van der Waals surface area contributed by atoms with Crippen molar-refractivity contribution in [2.75, 3.05) is 13.2 Å². The van der Waals surface area contributed by atoms with Gasteiger partial charge in [0, 0.05) is 0 Å². The molecule has 0 atom stereocenters. The monoisotopic (exact) mass is 270 g/mol. The summed E-state index contributed by atoms with van der Waals surface area (Å²) < 4.78 is 9.79. The van der Waals surface area contributed by atoms with Gasteiger partial charge in [-0.3, -0.25) is 0 Å². The molecule has 0 bridgehead atoms. The molecule has 0 radical (unpaired) electrons. The van der Waals surface area contributed by atoms with Gasteiger partial charge in [-0.2, -0.15) is 0 Å². The highest BCUT2D eigenvalue weighted by Gasteiger charge is 2.01. The molecule has 0 saturated carbocycles. The molecule has 19 heavy (non-hydrogen) atoms. The molecule has 0 rings (SSSR count). The molecule has 0 aliphatic rings. The Balaban J connectivity index is 3.09. The van der Waals surface area contributed by atoms with Gasteiger partial charge >= 0.3 is 6.16 Å². The highest BCUT2D eigenvalue weighted by Crippen LogP contribution is 2.09. The van der Waals surface area contributed by atoms with Crippen molar-refractivity contribution in [3.05, 3.63) is 12.7 Å². The van der Waals surface area contributed by atoms with Crippen LogP contribution in [0.1, 0.15) is 71.1 Å². The second-order valence-electron chi connectivity index (χ2n) is 4.85. The summed E-state index contributed by atoms with van der Waals surface area (Å²) in [6, 6.07) is 0. The van der Waals surface area contributed by atoms with Crippen LogP contribution in [0.15, 0.2) is 12.7 Å². The summed E-state index contributed by atoms with van der Waals surface area (Å²) >= 11 is 0. The van der Waals surface area contributed by atoms with Crippen LogP contribution < -0.4 is 0 Å². The number of rotatable bonds is 13. The van der Waals surface area contributed by atoms with E-state index in [0.717, 1.165) is 12.8 Å². The Labute approximate surface area is 118 Å². The summed E-state index contributed by atoms with van der Waals surface area (Å²) in [7, 11) is 0. The van der Waals surface area contributed by atoms with Crippen LogP contribution in [-0.4, -0.2) is 19.4 Å². The molecule has 0 aromatic heterocycles. The first-order valence-corrected chi connectivity index (χ1v) is 7.71. The topological polar surface area (TPSA) is 35.5 Å². The maximum Gasteiger partial charge on any atom is 0.508 e. The maximum atomic E-state index is 11.1. The SMILES string of the molecule is C=CCCOC(=O)OCCCCCCCCCCC. The van der Waals surface area contributed by atoms with E-state index in [1.165, 1.54) is 44.9 Å². The van der Waals surface area contributed by atoms with Crippen molar-refractivity contribution >= 4 is 6.16 Å². The number of hydrogen-bond donors (Lipinski definition) is 0. The molecule has 0 aromatic rings. The number of hydrogen-bond acceptors (Lipinski definition) is 3. The minimum Gasteiger partial charge on any atom is -0.434 e. The second kappa shape index (κ2) is 15.1. The summed E-state index contributed by atoms with van der Waals surface area (Å²) in [6.07, 6.45) is 13.2. The molecule has 0 unspecified atom stereocenters. The Morgan fingerprint density at radius 2 is 1.42 bits per heavy atom. The Bertz CT molecular complexity index is 214. The summed E-state index contributed by atoms with van der Waals surface area (Å²) in [5.41, 5.74) is 0. The van der Waals surface area contributed by atoms with Crippen LogP contribution in [0.25, 0.3) is 0 Å². The lowest BCUT2D eigenvalue weighted by atomic mass is 10.1. The van der Waals surface area contributed by atoms with Crippen molar-refractivity contribution in [1.82, 2.24) is 0 Å². The van der Waals surface area contributed by atoms with Gasteiger partial charge in [0.15, 0.2) is 0 Å². The normalized spacial score (nSPS) is 10.2. The fourth-order valence-electron chi connectivity index (χ4n) is 1.84. The Morgan fingerprint density at radius 1 is 0.895 bits per heavy atom. The predicted molar refractivity (Wildman–Crippen MR) is 79.3 cm³/mol. The number of ether oxygens (including phenoxy) is 2. The average molecular weight is 270 g/mol. The van der Waals surface area contributed by atoms with Gasteiger partial charge in [-0.05, 0) is 12.8 Å². The molecule has 3 nitrogen and oxygen atoms in total. The number of carbonyl (C=O) groups is 1. The Hall–Kier alpha value is -0.990. The molecule has 0 heterocycles. The highest BCUT2D eigenvalue weighted by molar-refractivity contribution is 5.59. The Kier molecular flexibility index (Phi) is 14.3. The average Bonchev–Trinajstić information content (AvgIpc) is 2.41. The fraction of sp³-hybridized carbons (Fsp3) is 0.812. The van der Waals surface area contributed by atoms with E-state index in [1.807, 2.05) is 0 Å². The van der Waals surface area contributed by atoms with Crippen molar-refractivity contribution in [1.29, 1.82) is 0 Å². The van der Waals surface area contributed by atoms with Crippen molar-refractivity contribution in [3.63, 3.8) is 0 Å². The van der Waals surface area contributed by atoms with Crippen LogP contribution in [0, 0.1) is 0 Å². The molecule has 0 aliphatic heterocycles. The molecule has 0 aromatic carbocycles. The summed E-state index contributed by atoms with van der Waals surface area (Å²) in [5.74, 6) is 0. The molecular weight excluding hydrogens is 240 g/mol. The highest BCUT2D eigenvalue weighted by atomic mass is 16.7. The first kappa shape index (κ1) is 18.0. The van der Waals surface area contributed by atoms with Gasteiger partial charge in [-0.25, -0.2) is 4.79 Å². The number of unbranched alkanes of at least 4 members (excludes halogenated alkanes) is 8. The van der Waals surface area contributed by atoms with Crippen LogP contribution >= 0.6 is 0 Å². The predicted octanol–water partition coefficient (Wildman–Crippen LogP) is 5.25. The van der Waals surface area contributed by atoms with Gasteiger partial charge in [-0.1, -0.05) is 64.4 Å². The molecule has 112 valence electrons. The van der Waals surface area contributed by atoms with Crippen molar-refractivity contribution in [3.8, 4) is 0 Å². The molecule has 0 spiro atoms. The van der Waals surface area contributed by atoms with Gasteiger partial charge in [0.1, 0.15) is 0 Å². The van der Waals surface area contributed by atoms with E-state index >= 15 is 0 Å². The molecule has 0 saturated heterocycles. The quantitative estimate of drug-likeness (QED) is 0.260. The summed E-state index contributed by atoms with van der Waals surface area (Å²) in [6.45, 7) is 6.63. The second-order valence-corrected chi connectivity index (χ2v) is 4.85. The van der Waals surface area contributed by atoms with E-state index in [9.17, 15) is 4.79 Å². The lowest BCUT2D eigenvalue weighted by Gasteiger charge is -2.05. The van der Waals surface area contributed by atoms with Crippen molar-refractivity contribution < 1.29 is 14.3 Å². The van der Waals surface area contributed by atoms with Gasteiger partial charge in [-0.15, -0.1) is 6.58 Å². The van der Waals surface area contributed by atoms with Crippen LogP contribution in [0.5, 0.6) is 0 Å². The third-order valence-corrected chi connectivity index (χ3v) is 3.01. The van der Waals surface area contributed by atoms with Crippen LogP contribution in [0.2, 0.25) is 0 Å². The largest absolute Gasteiger partial charge is 0.508 e. The first-order valence-electron chi connectivity index (χ1n) is 7.71. The maximum absolute atomic E-state index is 11.1. The minimum atomic E-state index is -0.554. The molecule has 0 aliphatic carbocycles. The summed E-state index contributed by atoms with van der Waals surface area (Å²) in [4.78, 5) is 11.1. The van der Waals surface area contributed by atoms with Crippen molar-refractivity contribution in [2.24, 2.45) is 0 Å². The zero-order valence-electron chi connectivity index (χ0n) is 12.5. The van der Waals surface area contributed by atoms with E-state index in [-0.39, 0.29) is 0 Å². The lowest BCUT2D eigenvalue weighted by Crippen LogP contribution is -2.09. The van der Waals surface area contributed by atoms with Gasteiger partial charge < -0.3 is 9.47 Å². The third kappa shape index (κ3) is 15.0. The lowest BCUT2D eigenvalue weighted by molar-refractivity contribution is 0.0553. The zero-order chi connectivity index (χ0) is 14.2. The van der Waals surface area contributed by atoms with Gasteiger partial charge in [0.25, 0.3) is 0 Å².